The van der Waals surface area contributed by atoms with Gasteiger partial charge in [0.05, 0.1) is 0 Å². The molecule has 0 amide bonds. The summed E-state index contributed by atoms with van der Waals surface area (Å²) in [6, 6.07) is 13.7. The van der Waals surface area contributed by atoms with Crippen molar-refractivity contribution >= 4 is 17.1 Å². The Hall–Kier alpha value is -1.07. The third-order valence-corrected chi connectivity index (χ3v) is 2.42. The summed E-state index contributed by atoms with van der Waals surface area (Å²) in [5.74, 6) is 0. The summed E-state index contributed by atoms with van der Waals surface area (Å²) in [7, 11) is 0. The van der Waals surface area contributed by atoms with Gasteiger partial charge in [0.2, 0.25) is 0 Å². The van der Waals surface area contributed by atoms with Crippen molar-refractivity contribution in [3.05, 3.63) is 48.0 Å². The minimum Gasteiger partial charge on any atom is -0.540 e. The quantitative estimate of drug-likeness (QED) is 0.506. The van der Waals surface area contributed by atoms with E-state index >= 15 is 0 Å². The Bertz CT molecular complexity index is 484. The van der Waals surface area contributed by atoms with Gasteiger partial charge in [-0.2, -0.15) is 0 Å². The second kappa shape index (κ2) is 5.86. The SMILES string of the molecule is N[C@H]([C-]=O)Cc1ccc2ccccc2c1.[Li+]. The Morgan fingerprint density at radius 1 is 1.12 bits per heavy atom. The molecule has 0 aliphatic heterocycles. The van der Waals surface area contributed by atoms with Gasteiger partial charge in [0.25, 0.3) is 0 Å². The molecule has 2 rings (SSSR count). The summed E-state index contributed by atoms with van der Waals surface area (Å²) in [5.41, 5.74) is 6.60. The summed E-state index contributed by atoms with van der Waals surface area (Å²) >= 11 is 0. The molecular formula is C13H12LiNO. The van der Waals surface area contributed by atoms with Gasteiger partial charge in [-0.05, 0) is 22.8 Å². The van der Waals surface area contributed by atoms with Crippen molar-refractivity contribution in [1.29, 1.82) is 0 Å². The van der Waals surface area contributed by atoms with E-state index < -0.39 is 6.04 Å². The molecule has 0 spiro atoms. The summed E-state index contributed by atoms with van der Waals surface area (Å²) in [6.07, 6.45) is 2.34. The topological polar surface area (TPSA) is 43.1 Å². The Morgan fingerprint density at radius 3 is 2.50 bits per heavy atom. The Kier molecular flexibility index (Phi) is 4.76. The standard InChI is InChI=1S/C13H12NO.Li/c14-13(9-15)8-10-5-6-11-3-1-2-4-12(11)7-10;/h1-7,13H,8,14H2;/q-1;+1/t13-;/m0./s1. The van der Waals surface area contributed by atoms with E-state index in [4.69, 9.17) is 5.73 Å². The Balaban J connectivity index is 0.00000128. The smallest absolute Gasteiger partial charge is 0.540 e. The van der Waals surface area contributed by atoms with Gasteiger partial charge in [-0.3, -0.25) is 0 Å². The van der Waals surface area contributed by atoms with Crippen LogP contribution < -0.4 is 24.6 Å². The van der Waals surface area contributed by atoms with Crippen LogP contribution >= 0.6 is 0 Å². The fraction of sp³-hybridized carbons (Fsp3) is 0.154. The zero-order chi connectivity index (χ0) is 10.7. The number of nitrogens with two attached hydrogens (primary N) is 1. The first-order valence-electron chi connectivity index (χ1n) is 4.90. The third kappa shape index (κ3) is 2.96. The molecule has 1 atom stereocenters. The van der Waals surface area contributed by atoms with E-state index in [0.717, 1.165) is 5.56 Å². The van der Waals surface area contributed by atoms with Gasteiger partial charge in [-0.15, -0.1) is 0 Å². The molecule has 2 N–H and O–H groups in total. The van der Waals surface area contributed by atoms with Crippen LogP contribution in [0.4, 0.5) is 0 Å². The van der Waals surface area contributed by atoms with Crippen LogP contribution in [-0.4, -0.2) is 12.3 Å². The fourth-order valence-corrected chi connectivity index (χ4v) is 1.66. The number of carbonyl (C=O) groups excluding carboxylic acids is 1. The van der Waals surface area contributed by atoms with Crippen LogP contribution in [0.25, 0.3) is 10.8 Å². The number of hydrogen-bond acceptors (Lipinski definition) is 2. The maximum absolute atomic E-state index is 10.3. The molecule has 0 radical (unpaired) electrons. The first-order chi connectivity index (χ1) is 7.29. The molecule has 0 aliphatic rings. The van der Waals surface area contributed by atoms with Crippen molar-refractivity contribution in [2.24, 2.45) is 5.73 Å². The molecule has 2 nitrogen and oxygen atoms in total. The predicted molar refractivity (Wildman–Crippen MR) is 61.3 cm³/mol. The summed E-state index contributed by atoms with van der Waals surface area (Å²) in [4.78, 5) is 10.3. The van der Waals surface area contributed by atoms with Crippen LogP contribution in [0.5, 0.6) is 0 Å². The maximum Gasteiger partial charge on any atom is 1.00 e. The van der Waals surface area contributed by atoms with Gasteiger partial charge in [-0.1, -0.05) is 48.5 Å². The van der Waals surface area contributed by atoms with Crippen molar-refractivity contribution in [2.75, 3.05) is 0 Å². The largest absolute Gasteiger partial charge is 1.00 e. The van der Waals surface area contributed by atoms with Gasteiger partial charge in [0.1, 0.15) is 0 Å². The van der Waals surface area contributed by atoms with Crippen LogP contribution in [0.1, 0.15) is 5.56 Å². The van der Waals surface area contributed by atoms with Crippen molar-refractivity contribution in [1.82, 2.24) is 0 Å². The van der Waals surface area contributed by atoms with Crippen LogP contribution in [0.15, 0.2) is 42.5 Å². The monoisotopic (exact) mass is 205 g/mol. The van der Waals surface area contributed by atoms with E-state index in [9.17, 15) is 4.79 Å². The van der Waals surface area contributed by atoms with Gasteiger partial charge in [0.15, 0.2) is 0 Å². The van der Waals surface area contributed by atoms with E-state index in [1.165, 1.54) is 10.8 Å². The molecule has 2 aromatic rings. The maximum atomic E-state index is 10.3. The van der Waals surface area contributed by atoms with E-state index in [0.29, 0.717) is 6.42 Å². The number of rotatable bonds is 3. The van der Waals surface area contributed by atoms with Gasteiger partial charge >= 0.3 is 18.9 Å². The Morgan fingerprint density at radius 2 is 1.81 bits per heavy atom. The number of fused-ring (bicyclic) bond motifs is 1. The molecule has 0 saturated carbocycles. The molecule has 16 heavy (non-hydrogen) atoms. The molecule has 3 heteroatoms. The molecule has 0 aliphatic carbocycles. The molecule has 2 aromatic carbocycles. The van der Waals surface area contributed by atoms with E-state index in [2.05, 4.69) is 18.2 Å². The number of benzene rings is 2. The normalized spacial score (nSPS) is 11.8. The van der Waals surface area contributed by atoms with Crippen LogP contribution in [0.3, 0.4) is 0 Å². The van der Waals surface area contributed by atoms with Crippen LogP contribution in [0.2, 0.25) is 0 Å². The first-order valence-corrected chi connectivity index (χ1v) is 4.90. The minimum atomic E-state index is -0.522. The average Bonchev–Trinajstić information content (AvgIpc) is 2.29. The molecule has 0 heterocycles. The summed E-state index contributed by atoms with van der Waals surface area (Å²) < 4.78 is 0. The van der Waals surface area contributed by atoms with Crippen LogP contribution in [-0.2, 0) is 11.2 Å². The third-order valence-electron chi connectivity index (χ3n) is 2.42. The van der Waals surface area contributed by atoms with E-state index in [1.54, 1.807) is 6.29 Å². The van der Waals surface area contributed by atoms with Crippen molar-refractivity contribution in [2.45, 2.75) is 12.5 Å². The second-order valence-electron chi connectivity index (χ2n) is 3.61. The zero-order valence-corrected chi connectivity index (χ0v) is 9.31. The molecule has 0 unspecified atom stereocenters. The van der Waals surface area contributed by atoms with Crippen molar-refractivity contribution in [3.63, 3.8) is 0 Å². The average molecular weight is 205 g/mol. The fourth-order valence-electron chi connectivity index (χ4n) is 1.66. The first kappa shape index (κ1) is 13.0. The van der Waals surface area contributed by atoms with Gasteiger partial charge < -0.3 is 10.5 Å². The van der Waals surface area contributed by atoms with Crippen molar-refractivity contribution < 1.29 is 23.7 Å². The van der Waals surface area contributed by atoms with Crippen LogP contribution in [0, 0.1) is 0 Å². The molecule has 0 aromatic heterocycles. The molecule has 0 fully saturated rings. The van der Waals surface area contributed by atoms with Gasteiger partial charge in [-0.25, -0.2) is 6.29 Å². The van der Waals surface area contributed by atoms with E-state index in [1.807, 2.05) is 24.3 Å². The second-order valence-corrected chi connectivity index (χ2v) is 3.61. The predicted octanol–water partition coefficient (Wildman–Crippen LogP) is -1.18. The molecular weight excluding hydrogens is 193 g/mol. The molecule has 76 valence electrons. The summed E-state index contributed by atoms with van der Waals surface area (Å²) in [6.45, 7) is 0. The minimum absolute atomic E-state index is 0. The molecule has 0 saturated heterocycles. The van der Waals surface area contributed by atoms with E-state index in [-0.39, 0.29) is 18.9 Å². The summed E-state index contributed by atoms with van der Waals surface area (Å²) in [5, 5.41) is 2.37. The molecule has 0 bridgehead atoms. The Labute approximate surface area is 107 Å². The van der Waals surface area contributed by atoms with Gasteiger partial charge in [0, 0.05) is 0 Å². The number of hydrogen-bond donors (Lipinski definition) is 1. The zero-order valence-electron chi connectivity index (χ0n) is 9.31. The van der Waals surface area contributed by atoms with Crippen molar-refractivity contribution in [3.8, 4) is 0 Å².